The monoisotopic (exact) mass is 330 g/mol. The minimum absolute atomic E-state index is 0.0655. The first-order chi connectivity index (χ1) is 10.5. The Morgan fingerprint density at radius 2 is 1.95 bits per heavy atom. The molecule has 1 aromatic heterocycles. The fraction of sp³-hybridized carbons (Fsp3) is 0.250. The Hall–Kier alpha value is -2.49. The lowest BCUT2D eigenvalue weighted by Crippen LogP contribution is -2.00. The standard InChI is InChI=1S/C12H12F2N4O3S/c1-20-7-3-6(4-8(21-2)9(7)19)5-15-18-11(10(13)14)16-17-12(18)22/h3-5,10,19H,1-2H3,(H,17,22)/b15-5-. The summed E-state index contributed by atoms with van der Waals surface area (Å²) in [4.78, 5) is 0. The van der Waals surface area contributed by atoms with Crippen LogP contribution in [0.3, 0.4) is 0 Å². The molecule has 2 N–H and O–H groups in total. The van der Waals surface area contributed by atoms with Gasteiger partial charge in [-0.1, -0.05) is 0 Å². The van der Waals surface area contributed by atoms with Crippen molar-refractivity contribution < 1.29 is 23.4 Å². The molecule has 0 amide bonds. The number of nitrogens with one attached hydrogen (secondary N) is 1. The van der Waals surface area contributed by atoms with Crippen LogP contribution >= 0.6 is 12.2 Å². The summed E-state index contributed by atoms with van der Waals surface area (Å²) in [5.74, 6) is -0.453. The third-order valence-electron chi connectivity index (χ3n) is 2.70. The van der Waals surface area contributed by atoms with E-state index >= 15 is 0 Å². The second-order valence-electron chi connectivity index (χ2n) is 4.02. The third-order valence-corrected chi connectivity index (χ3v) is 2.96. The number of alkyl halides is 2. The maximum absolute atomic E-state index is 12.8. The van der Waals surface area contributed by atoms with Crippen molar-refractivity contribution in [3.63, 3.8) is 0 Å². The number of phenolic OH excluding ortho intramolecular Hbond substituents is 1. The van der Waals surface area contributed by atoms with Gasteiger partial charge in [-0.2, -0.15) is 14.9 Å². The minimum atomic E-state index is -2.83. The zero-order valence-electron chi connectivity index (χ0n) is 11.6. The molecule has 1 aromatic carbocycles. The molecular formula is C12H12F2N4O3S. The van der Waals surface area contributed by atoms with E-state index < -0.39 is 12.2 Å². The summed E-state index contributed by atoms with van der Waals surface area (Å²) in [7, 11) is 2.74. The van der Waals surface area contributed by atoms with Crippen LogP contribution in [0, 0.1) is 4.77 Å². The van der Waals surface area contributed by atoms with Gasteiger partial charge < -0.3 is 14.6 Å². The van der Waals surface area contributed by atoms with Crippen LogP contribution in [0.25, 0.3) is 0 Å². The summed E-state index contributed by atoms with van der Waals surface area (Å²) in [6, 6.07) is 2.93. The lowest BCUT2D eigenvalue weighted by Gasteiger charge is -2.09. The zero-order chi connectivity index (χ0) is 16.3. The number of phenols is 1. The molecule has 2 rings (SSSR count). The largest absolute Gasteiger partial charge is 0.502 e. The molecule has 0 aliphatic heterocycles. The van der Waals surface area contributed by atoms with E-state index in [1.807, 2.05) is 0 Å². The van der Waals surface area contributed by atoms with Crippen LogP contribution in [0.2, 0.25) is 0 Å². The average Bonchev–Trinajstić information content (AvgIpc) is 2.87. The van der Waals surface area contributed by atoms with Crippen molar-refractivity contribution in [2.24, 2.45) is 5.10 Å². The summed E-state index contributed by atoms with van der Waals surface area (Å²) >= 11 is 4.83. The first-order valence-corrected chi connectivity index (χ1v) is 6.33. The van der Waals surface area contributed by atoms with Crippen molar-refractivity contribution in [2.75, 3.05) is 14.2 Å². The highest BCUT2D eigenvalue weighted by Crippen LogP contribution is 2.36. The van der Waals surface area contributed by atoms with Crippen molar-refractivity contribution in [1.29, 1.82) is 0 Å². The average molecular weight is 330 g/mol. The molecule has 0 radical (unpaired) electrons. The van der Waals surface area contributed by atoms with Gasteiger partial charge in [0.15, 0.2) is 11.5 Å². The topological polar surface area (TPSA) is 84.7 Å². The van der Waals surface area contributed by atoms with Gasteiger partial charge in [0.05, 0.1) is 20.4 Å². The molecule has 0 bridgehead atoms. The van der Waals surface area contributed by atoms with Gasteiger partial charge in [0.1, 0.15) is 0 Å². The summed E-state index contributed by atoms with van der Waals surface area (Å²) < 4.78 is 36.3. The SMILES string of the molecule is COc1cc(/C=N\n2c(C(F)F)n[nH]c2=S)cc(OC)c1O. The Labute approximate surface area is 128 Å². The summed E-state index contributed by atoms with van der Waals surface area (Å²) in [5.41, 5.74) is 0.454. The zero-order valence-corrected chi connectivity index (χ0v) is 12.4. The molecule has 1 heterocycles. The fourth-order valence-electron chi connectivity index (χ4n) is 1.67. The highest BCUT2D eigenvalue weighted by molar-refractivity contribution is 7.71. The summed E-state index contributed by atoms with van der Waals surface area (Å²) in [6.07, 6.45) is -1.56. The van der Waals surface area contributed by atoms with Gasteiger partial charge in [-0.05, 0) is 24.4 Å². The maximum Gasteiger partial charge on any atom is 0.299 e. The van der Waals surface area contributed by atoms with Crippen LogP contribution in [-0.2, 0) is 0 Å². The van der Waals surface area contributed by atoms with Gasteiger partial charge in [0.2, 0.25) is 16.3 Å². The number of hydrogen-bond donors (Lipinski definition) is 2. The molecule has 0 unspecified atom stereocenters. The molecule has 118 valence electrons. The van der Waals surface area contributed by atoms with Crippen LogP contribution in [-0.4, -0.2) is 40.4 Å². The predicted octanol–water partition coefficient (Wildman–Crippen LogP) is 2.48. The first-order valence-electron chi connectivity index (χ1n) is 5.92. The highest BCUT2D eigenvalue weighted by Gasteiger charge is 2.16. The Morgan fingerprint density at radius 1 is 1.36 bits per heavy atom. The van der Waals surface area contributed by atoms with Gasteiger partial charge in [0.25, 0.3) is 6.43 Å². The molecule has 0 fully saturated rings. The van der Waals surface area contributed by atoms with E-state index in [9.17, 15) is 13.9 Å². The number of nitrogens with zero attached hydrogens (tertiary/aromatic N) is 3. The molecule has 0 saturated heterocycles. The number of aromatic hydroxyl groups is 1. The van der Waals surface area contributed by atoms with E-state index in [4.69, 9.17) is 21.7 Å². The van der Waals surface area contributed by atoms with Gasteiger partial charge in [-0.3, -0.25) is 0 Å². The number of H-pyrrole nitrogens is 1. The number of hydrogen-bond acceptors (Lipinski definition) is 6. The van der Waals surface area contributed by atoms with E-state index in [0.29, 0.717) is 5.56 Å². The van der Waals surface area contributed by atoms with E-state index in [1.54, 1.807) is 0 Å². The maximum atomic E-state index is 12.8. The summed E-state index contributed by atoms with van der Waals surface area (Å²) in [5, 5.41) is 19.3. The highest BCUT2D eigenvalue weighted by atomic mass is 32.1. The predicted molar refractivity (Wildman–Crippen MR) is 76.6 cm³/mol. The van der Waals surface area contributed by atoms with E-state index in [1.165, 1.54) is 32.6 Å². The van der Waals surface area contributed by atoms with Crippen molar-refractivity contribution in [2.45, 2.75) is 6.43 Å². The van der Waals surface area contributed by atoms with Crippen LogP contribution in [0.1, 0.15) is 17.8 Å². The van der Waals surface area contributed by atoms with Crippen LogP contribution in [0.4, 0.5) is 8.78 Å². The molecular weight excluding hydrogens is 318 g/mol. The van der Waals surface area contributed by atoms with Gasteiger partial charge in [-0.15, -0.1) is 0 Å². The number of methoxy groups -OCH3 is 2. The van der Waals surface area contributed by atoms with Crippen molar-refractivity contribution in [3.8, 4) is 17.2 Å². The molecule has 0 spiro atoms. The first kappa shape index (κ1) is 15.9. The molecule has 0 saturated carbocycles. The smallest absolute Gasteiger partial charge is 0.299 e. The van der Waals surface area contributed by atoms with Crippen LogP contribution in [0.15, 0.2) is 17.2 Å². The second kappa shape index (κ2) is 6.52. The summed E-state index contributed by atoms with van der Waals surface area (Å²) in [6.45, 7) is 0. The Kier molecular flexibility index (Phi) is 4.71. The lowest BCUT2D eigenvalue weighted by molar-refractivity contribution is 0.136. The van der Waals surface area contributed by atoms with Crippen molar-refractivity contribution >= 4 is 18.4 Å². The normalized spacial score (nSPS) is 11.3. The number of halogens is 2. The molecule has 10 heteroatoms. The number of aromatic nitrogens is 3. The number of aromatic amines is 1. The Morgan fingerprint density at radius 3 is 2.45 bits per heavy atom. The van der Waals surface area contributed by atoms with Crippen LogP contribution in [0.5, 0.6) is 17.2 Å². The number of rotatable bonds is 5. The number of ether oxygens (including phenoxy) is 2. The fourth-order valence-corrected chi connectivity index (χ4v) is 1.86. The molecule has 22 heavy (non-hydrogen) atoms. The number of benzene rings is 1. The van der Waals surface area contributed by atoms with Gasteiger partial charge in [-0.25, -0.2) is 13.9 Å². The quantitative estimate of drug-likeness (QED) is 0.650. The molecule has 7 nitrogen and oxygen atoms in total. The molecule has 2 aromatic rings. The molecule has 0 aliphatic rings. The Bertz CT molecular complexity index is 732. The van der Waals surface area contributed by atoms with Gasteiger partial charge in [0, 0.05) is 5.56 Å². The van der Waals surface area contributed by atoms with E-state index in [2.05, 4.69) is 15.3 Å². The molecule has 0 aliphatic carbocycles. The van der Waals surface area contributed by atoms with Gasteiger partial charge >= 0.3 is 0 Å². The van der Waals surface area contributed by atoms with Crippen molar-refractivity contribution in [1.82, 2.24) is 14.9 Å². The minimum Gasteiger partial charge on any atom is -0.502 e. The van der Waals surface area contributed by atoms with Crippen LogP contribution < -0.4 is 9.47 Å². The third kappa shape index (κ3) is 3.06. The Balaban J connectivity index is 2.43. The lowest BCUT2D eigenvalue weighted by atomic mass is 10.2. The van der Waals surface area contributed by atoms with E-state index in [-0.39, 0.29) is 22.0 Å². The van der Waals surface area contributed by atoms with Crippen molar-refractivity contribution in [3.05, 3.63) is 28.3 Å². The molecule has 0 atom stereocenters. The van der Waals surface area contributed by atoms with E-state index in [0.717, 1.165) is 4.68 Å². The second-order valence-corrected chi connectivity index (χ2v) is 4.40.